The van der Waals surface area contributed by atoms with Crippen LogP contribution < -0.4 is 5.32 Å². The fraction of sp³-hybridized carbons (Fsp3) is 0.381. The first-order chi connectivity index (χ1) is 13.0. The highest BCUT2D eigenvalue weighted by Gasteiger charge is 2.25. The molecule has 144 valence electrons. The molecule has 0 atom stereocenters. The Kier molecular flexibility index (Phi) is 6.29. The van der Waals surface area contributed by atoms with Gasteiger partial charge in [-0.2, -0.15) is 4.31 Å². The number of hydrogen-bond donors (Lipinski definition) is 1. The first-order valence-electron chi connectivity index (χ1n) is 9.47. The summed E-state index contributed by atoms with van der Waals surface area (Å²) in [5.41, 5.74) is 2.71. The molecule has 27 heavy (non-hydrogen) atoms. The van der Waals surface area contributed by atoms with E-state index >= 15 is 0 Å². The van der Waals surface area contributed by atoms with Crippen LogP contribution in [0.5, 0.6) is 0 Å². The van der Waals surface area contributed by atoms with Crippen LogP contribution in [0.3, 0.4) is 0 Å². The molecule has 0 spiro atoms. The van der Waals surface area contributed by atoms with Gasteiger partial charge in [-0.1, -0.05) is 43.7 Å². The number of para-hydroxylation sites is 1. The largest absolute Gasteiger partial charge is 0.326 e. The van der Waals surface area contributed by atoms with Gasteiger partial charge >= 0.3 is 0 Å². The molecule has 2 aromatic rings. The first kappa shape index (κ1) is 19.6. The molecule has 0 unspecified atom stereocenters. The highest BCUT2D eigenvalue weighted by Crippen LogP contribution is 2.21. The Labute approximate surface area is 161 Å². The van der Waals surface area contributed by atoms with Crippen LogP contribution in [0.15, 0.2) is 53.4 Å². The van der Waals surface area contributed by atoms with Crippen LogP contribution >= 0.6 is 0 Å². The number of aryl methyl sites for hydroxylation is 1. The third kappa shape index (κ3) is 4.76. The van der Waals surface area contributed by atoms with Crippen molar-refractivity contribution in [3.63, 3.8) is 0 Å². The van der Waals surface area contributed by atoms with Gasteiger partial charge in [0.05, 0.1) is 11.3 Å². The van der Waals surface area contributed by atoms with Crippen molar-refractivity contribution in [3.05, 3.63) is 59.7 Å². The van der Waals surface area contributed by atoms with Crippen molar-refractivity contribution in [3.8, 4) is 0 Å². The summed E-state index contributed by atoms with van der Waals surface area (Å²) in [5.74, 6) is -0.109. The van der Waals surface area contributed by atoms with Crippen LogP contribution in [-0.4, -0.2) is 31.7 Å². The van der Waals surface area contributed by atoms with E-state index in [9.17, 15) is 13.2 Å². The number of anilines is 1. The van der Waals surface area contributed by atoms with Gasteiger partial charge in [0.15, 0.2) is 0 Å². The van der Waals surface area contributed by atoms with Crippen molar-refractivity contribution in [1.29, 1.82) is 0 Å². The third-order valence-corrected chi connectivity index (χ3v) is 6.83. The zero-order valence-electron chi connectivity index (χ0n) is 15.6. The minimum atomic E-state index is -3.43. The molecule has 5 nitrogen and oxygen atoms in total. The predicted molar refractivity (Wildman–Crippen MR) is 107 cm³/mol. The van der Waals surface area contributed by atoms with Crippen LogP contribution in [0.25, 0.3) is 0 Å². The van der Waals surface area contributed by atoms with E-state index in [0.717, 1.165) is 42.5 Å². The quantitative estimate of drug-likeness (QED) is 0.825. The van der Waals surface area contributed by atoms with Crippen LogP contribution in [0.2, 0.25) is 0 Å². The lowest BCUT2D eigenvalue weighted by molar-refractivity contribution is -0.115. The third-order valence-electron chi connectivity index (χ3n) is 4.91. The van der Waals surface area contributed by atoms with E-state index < -0.39 is 10.0 Å². The molecule has 0 radical (unpaired) electrons. The Morgan fingerprint density at radius 3 is 2.33 bits per heavy atom. The maximum atomic E-state index is 12.7. The predicted octanol–water partition coefficient (Wildman–Crippen LogP) is 3.60. The second kappa shape index (κ2) is 8.67. The van der Waals surface area contributed by atoms with Crippen LogP contribution in [-0.2, 0) is 27.7 Å². The summed E-state index contributed by atoms with van der Waals surface area (Å²) in [4.78, 5) is 12.6. The van der Waals surface area contributed by atoms with Gasteiger partial charge in [-0.15, -0.1) is 0 Å². The van der Waals surface area contributed by atoms with Crippen LogP contribution in [0.4, 0.5) is 5.69 Å². The average Bonchev–Trinajstić information content (AvgIpc) is 2.69. The second-order valence-corrected chi connectivity index (χ2v) is 8.78. The summed E-state index contributed by atoms with van der Waals surface area (Å²) in [6.07, 6.45) is 3.97. The van der Waals surface area contributed by atoms with Gasteiger partial charge in [-0.05, 0) is 48.6 Å². The second-order valence-electron chi connectivity index (χ2n) is 6.84. The number of carbonyl (C=O) groups excluding carboxylic acids is 1. The monoisotopic (exact) mass is 386 g/mol. The molecular formula is C21H26N2O3S. The van der Waals surface area contributed by atoms with Gasteiger partial charge in [0, 0.05) is 18.8 Å². The molecule has 1 saturated heterocycles. The number of piperidine rings is 1. The van der Waals surface area contributed by atoms with E-state index in [2.05, 4.69) is 5.32 Å². The van der Waals surface area contributed by atoms with Gasteiger partial charge < -0.3 is 5.32 Å². The smallest absolute Gasteiger partial charge is 0.243 e. The Morgan fingerprint density at radius 1 is 1.00 bits per heavy atom. The molecule has 1 heterocycles. The Balaban J connectivity index is 1.66. The molecule has 1 aliphatic heterocycles. The van der Waals surface area contributed by atoms with Gasteiger partial charge in [-0.25, -0.2) is 8.42 Å². The van der Waals surface area contributed by atoms with E-state index in [-0.39, 0.29) is 12.3 Å². The van der Waals surface area contributed by atoms with Crippen LogP contribution in [0.1, 0.15) is 37.3 Å². The molecule has 1 aliphatic rings. The van der Waals surface area contributed by atoms with E-state index in [1.54, 1.807) is 28.6 Å². The number of carbonyl (C=O) groups is 1. The van der Waals surface area contributed by atoms with E-state index in [1.807, 2.05) is 31.2 Å². The van der Waals surface area contributed by atoms with Crippen molar-refractivity contribution in [2.45, 2.75) is 43.9 Å². The van der Waals surface area contributed by atoms with Crippen LogP contribution in [0, 0.1) is 0 Å². The van der Waals surface area contributed by atoms with Crippen molar-refractivity contribution in [2.24, 2.45) is 0 Å². The molecule has 0 saturated carbocycles. The maximum absolute atomic E-state index is 12.7. The summed E-state index contributed by atoms with van der Waals surface area (Å²) >= 11 is 0. The molecule has 6 heteroatoms. The van der Waals surface area contributed by atoms with E-state index in [1.165, 1.54) is 0 Å². The van der Waals surface area contributed by atoms with E-state index in [4.69, 9.17) is 0 Å². The average molecular weight is 387 g/mol. The number of sulfonamides is 1. The highest BCUT2D eigenvalue weighted by atomic mass is 32.2. The molecule has 0 bridgehead atoms. The minimum absolute atomic E-state index is 0.109. The van der Waals surface area contributed by atoms with Crippen molar-refractivity contribution >= 4 is 21.6 Å². The van der Waals surface area contributed by atoms with Crippen molar-refractivity contribution in [2.75, 3.05) is 18.4 Å². The lowest BCUT2D eigenvalue weighted by Gasteiger charge is -2.25. The van der Waals surface area contributed by atoms with Gasteiger partial charge in [0.25, 0.3) is 0 Å². The summed E-state index contributed by atoms with van der Waals surface area (Å²) < 4.78 is 26.9. The number of hydrogen-bond acceptors (Lipinski definition) is 3. The summed E-state index contributed by atoms with van der Waals surface area (Å²) in [6.45, 7) is 3.22. The normalized spacial score (nSPS) is 15.4. The number of rotatable bonds is 6. The topological polar surface area (TPSA) is 66.5 Å². The molecule has 1 fully saturated rings. The van der Waals surface area contributed by atoms with Gasteiger partial charge in [0.2, 0.25) is 15.9 Å². The maximum Gasteiger partial charge on any atom is 0.243 e. The first-order valence-corrected chi connectivity index (χ1v) is 10.9. The lowest BCUT2D eigenvalue weighted by atomic mass is 10.1. The highest BCUT2D eigenvalue weighted by molar-refractivity contribution is 7.89. The SMILES string of the molecule is CCc1ccccc1NC(=O)Cc1ccc(S(=O)(=O)N2CCCCC2)cc1. The zero-order valence-corrected chi connectivity index (χ0v) is 16.5. The number of nitrogens with zero attached hydrogens (tertiary/aromatic N) is 1. The molecule has 1 N–H and O–H groups in total. The molecule has 0 aliphatic carbocycles. The fourth-order valence-electron chi connectivity index (χ4n) is 3.36. The Bertz CT molecular complexity index is 886. The number of nitrogens with one attached hydrogen (secondary N) is 1. The number of amides is 1. The molecule has 3 rings (SSSR count). The lowest BCUT2D eigenvalue weighted by Crippen LogP contribution is -2.35. The zero-order chi connectivity index (χ0) is 19.3. The molecule has 1 amide bonds. The summed E-state index contributed by atoms with van der Waals surface area (Å²) in [7, 11) is -3.43. The molecule has 2 aromatic carbocycles. The minimum Gasteiger partial charge on any atom is -0.326 e. The van der Waals surface area contributed by atoms with E-state index in [0.29, 0.717) is 18.0 Å². The Hall–Kier alpha value is -2.18. The molecular weight excluding hydrogens is 360 g/mol. The molecule has 0 aromatic heterocycles. The fourth-order valence-corrected chi connectivity index (χ4v) is 4.88. The van der Waals surface area contributed by atoms with Crippen molar-refractivity contribution < 1.29 is 13.2 Å². The number of benzene rings is 2. The summed E-state index contributed by atoms with van der Waals surface area (Å²) in [5, 5.41) is 2.94. The van der Waals surface area contributed by atoms with Gasteiger partial charge in [-0.3, -0.25) is 4.79 Å². The summed E-state index contributed by atoms with van der Waals surface area (Å²) in [6, 6.07) is 14.4. The Morgan fingerprint density at radius 2 is 1.67 bits per heavy atom. The standard InChI is InChI=1S/C21H26N2O3S/c1-2-18-8-4-5-9-20(18)22-21(24)16-17-10-12-19(13-11-17)27(25,26)23-14-6-3-7-15-23/h4-5,8-13H,2-3,6-7,14-16H2,1H3,(H,22,24). The van der Waals surface area contributed by atoms with Gasteiger partial charge in [0.1, 0.15) is 0 Å². The van der Waals surface area contributed by atoms with Crippen molar-refractivity contribution in [1.82, 2.24) is 4.31 Å².